The fourth-order valence-electron chi connectivity index (χ4n) is 1.39. The van der Waals surface area contributed by atoms with E-state index in [2.05, 4.69) is 0 Å². The first-order valence-corrected chi connectivity index (χ1v) is 10.9. The quantitative estimate of drug-likeness (QED) is 0.307. The minimum atomic E-state index is -4.60. The Labute approximate surface area is 201 Å². The van der Waals surface area contributed by atoms with Crippen molar-refractivity contribution in [3.63, 3.8) is 0 Å². The van der Waals surface area contributed by atoms with Crippen LogP contribution in [0.15, 0.2) is 34.1 Å². The van der Waals surface area contributed by atoms with Gasteiger partial charge >= 0.3 is 23.1 Å². The van der Waals surface area contributed by atoms with Gasteiger partial charge in [-0.2, -0.15) is 0 Å². The van der Waals surface area contributed by atoms with Gasteiger partial charge in [0.25, 0.3) is 0 Å². The van der Waals surface area contributed by atoms with Gasteiger partial charge in [-0.1, -0.05) is 69.6 Å². The zero-order valence-electron chi connectivity index (χ0n) is 12.6. The Hall–Kier alpha value is 0.766. The topological polar surface area (TPSA) is 114 Å². The molecular formula is C12H4Cl6MgO6S2. The summed E-state index contributed by atoms with van der Waals surface area (Å²) < 4.78 is 63.5. The van der Waals surface area contributed by atoms with Crippen molar-refractivity contribution in [1.29, 1.82) is 0 Å². The molecule has 0 aliphatic carbocycles. The molecule has 2 aromatic carbocycles. The zero-order valence-corrected chi connectivity index (χ0v) is 20.1. The summed E-state index contributed by atoms with van der Waals surface area (Å²) in [5.41, 5.74) is 0. The standard InChI is InChI=1S/2C6H3Cl3O3S.Mg/c2*7-3-1-5(9)6(2-4(3)8)13(10,11)12;/h2*1-2H,(H,10,11,12);/q;;+2/p-2. The molecule has 15 heteroatoms. The van der Waals surface area contributed by atoms with E-state index in [1.54, 1.807) is 0 Å². The monoisotopic (exact) mass is 542 g/mol. The summed E-state index contributed by atoms with van der Waals surface area (Å²) in [4.78, 5) is -1.13. The Morgan fingerprint density at radius 2 is 0.741 bits per heavy atom. The van der Waals surface area contributed by atoms with E-state index in [4.69, 9.17) is 69.6 Å². The van der Waals surface area contributed by atoms with Crippen LogP contribution in [0.5, 0.6) is 0 Å². The molecule has 0 atom stereocenters. The number of hydrogen-bond donors (Lipinski definition) is 0. The minimum Gasteiger partial charge on any atom is -0.744 e. The van der Waals surface area contributed by atoms with Gasteiger partial charge in [0.15, 0.2) is 0 Å². The summed E-state index contributed by atoms with van der Waals surface area (Å²) >= 11 is 33.0. The normalized spacial score (nSPS) is 11.3. The molecule has 0 bridgehead atoms. The molecule has 0 spiro atoms. The molecule has 0 amide bonds. The molecule has 6 nitrogen and oxygen atoms in total. The molecule has 0 N–H and O–H groups in total. The van der Waals surface area contributed by atoms with E-state index >= 15 is 0 Å². The van der Waals surface area contributed by atoms with Crippen LogP contribution in [0.25, 0.3) is 0 Å². The van der Waals surface area contributed by atoms with Crippen LogP contribution in [0.2, 0.25) is 30.1 Å². The maximum absolute atomic E-state index is 10.6. The molecule has 2 rings (SSSR count). The SMILES string of the molecule is O=S(=O)([O-])c1cc(Cl)c(Cl)cc1Cl.O=S(=O)([O-])c1cc(Cl)c(Cl)cc1Cl.[Mg+2]. The first kappa shape index (κ1) is 27.8. The number of rotatable bonds is 2. The van der Waals surface area contributed by atoms with Crippen molar-refractivity contribution in [3.05, 3.63) is 54.4 Å². The van der Waals surface area contributed by atoms with Crippen molar-refractivity contribution in [2.24, 2.45) is 0 Å². The Balaban J connectivity index is 0.000000483. The molecule has 0 aromatic heterocycles. The van der Waals surface area contributed by atoms with E-state index in [1.165, 1.54) is 0 Å². The first-order chi connectivity index (χ1) is 11.6. The molecule has 144 valence electrons. The smallest absolute Gasteiger partial charge is 0.744 e. The molecule has 0 fully saturated rings. The van der Waals surface area contributed by atoms with Gasteiger partial charge in [0.2, 0.25) is 0 Å². The van der Waals surface area contributed by atoms with Crippen LogP contribution >= 0.6 is 69.6 Å². The number of benzene rings is 2. The first-order valence-electron chi connectivity index (χ1n) is 5.85. The fraction of sp³-hybridized carbons (Fsp3) is 0. The zero-order chi connectivity index (χ0) is 20.4. The van der Waals surface area contributed by atoms with E-state index in [9.17, 15) is 25.9 Å². The summed E-state index contributed by atoms with van der Waals surface area (Å²) in [6.45, 7) is 0. The molecule has 0 radical (unpaired) electrons. The van der Waals surface area contributed by atoms with Gasteiger partial charge in [-0.05, 0) is 24.3 Å². The number of hydrogen-bond acceptors (Lipinski definition) is 6. The average molecular weight is 545 g/mol. The van der Waals surface area contributed by atoms with Gasteiger partial charge in [0, 0.05) is 0 Å². The molecule has 0 aliphatic heterocycles. The van der Waals surface area contributed by atoms with Crippen LogP contribution in [0.4, 0.5) is 0 Å². The van der Waals surface area contributed by atoms with Crippen LogP contribution in [0, 0.1) is 0 Å². The minimum absolute atomic E-state index is 0. The number of halogens is 6. The predicted molar refractivity (Wildman–Crippen MR) is 105 cm³/mol. The molecule has 0 saturated heterocycles. The second-order valence-electron chi connectivity index (χ2n) is 4.30. The van der Waals surface area contributed by atoms with Crippen molar-refractivity contribution >= 4 is 113 Å². The van der Waals surface area contributed by atoms with Gasteiger partial charge < -0.3 is 9.11 Å². The molecule has 0 saturated carbocycles. The van der Waals surface area contributed by atoms with E-state index in [0.717, 1.165) is 24.3 Å². The molecule has 27 heavy (non-hydrogen) atoms. The Bertz CT molecular complexity index is 973. The van der Waals surface area contributed by atoms with Gasteiger partial charge in [0.1, 0.15) is 20.2 Å². The second kappa shape index (κ2) is 10.7. The Morgan fingerprint density at radius 1 is 0.519 bits per heavy atom. The molecular weight excluding hydrogens is 541 g/mol. The van der Waals surface area contributed by atoms with Crippen LogP contribution in [0.3, 0.4) is 0 Å². The van der Waals surface area contributed by atoms with E-state index in [1.807, 2.05) is 0 Å². The molecule has 2 aromatic rings. The Morgan fingerprint density at radius 3 is 0.963 bits per heavy atom. The molecule has 0 heterocycles. The largest absolute Gasteiger partial charge is 2.00 e. The molecule has 0 unspecified atom stereocenters. The summed E-state index contributed by atoms with van der Waals surface area (Å²) in [7, 11) is -9.20. The van der Waals surface area contributed by atoms with Crippen molar-refractivity contribution < 1.29 is 25.9 Å². The van der Waals surface area contributed by atoms with Crippen molar-refractivity contribution in [2.45, 2.75) is 9.79 Å². The van der Waals surface area contributed by atoms with E-state index < -0.39 is 30.0 Å². The predicted octanol–water partition coefficient (Wildman–Crippen LogP) is 4.72. The van der Waals surface area contributed by atoms with Gasteiger partial charge in [-0.15, -0.1) is 0 Å². The second-order valence-corrected chi connectivity index (χ2v) is 9.44. The van der Waals surface area contributed by atoms with E-state index in [-0.39, 0.29) is 53.2 Å². The van der Waals surface area contributed by atoms with E-state index in [0.29, 0.717) is 0 Å². The summed E-state index contributed by atoms with van der Waals surface area (Å²) in [5.74, 6) is 0. The third kappa shape index (κ3) is 8.19. The summed E-state index contributed by atoms with van der Waals surface area (Å²) in [6.07, 6.45) is 0. The Kier molecular flexibility index (Phi) is 11.0. The maximum Gasteiger partial charge on any atom is 2.00 e. The maximum atomic E-state index is 10.6. The van der Waals surface area contributed by atoms with Crippen molar-refractivity contribution in [2.75, 3.05) is 0 Å². The summed E-state index contributed by atoms with van der Waals surface area (Å²) in [6, 6.07) is 4.07. The molecule has 0 aliphatic rings. The van der Waals surface area contributed by atoms with Crippen molar-refractivity contribution in [3.8, 4) is 0 Å². The third-order valence-corrected chi connectivity index (χ3v) is 6.53. The van der Waals surface area contributed by atoms with Gasteiger partial charge in [-0.25, -0.2) is 16.8 Å². The van der Waals surface area contributed by atoms with Crippen LogP contribution in [-0.4, -0.2) is 49.0 Å². The van der Waals surface area contributed by atoms with Gasteiger partial charge in [0.05, 0.1) is 39.9 Å². The van der Waals surface area contributed by atoms with Crippen LogP contribution in [0.1, 0.15) is 0 Å². The van der Waals surface area contributed by atoms with Gasteiger partial charge in [-0.3, -0.25) is 0 Å². The fourth-order valence-corrected chi connectivity index (χ4v) is 4.30. The van der Waals surface area contributed by atoms with Crippen LogP contribution < -0.4 is 0 Å². The van der Waals surface area contributed by atoms with Crippen LogP contribution in [-0.2, 0) is 20.2 Å². The average Bonchev–Trinajstić information content (AvgIpc) is 2.45. The summed E-state index contributed by atoms with van der Waals surface area (Å²) in [5, 5.41) is -0.326. The van der Waals surface area contributed by atoms with Crippen molar-refractivity contribution in [1.82, 2.24) is 0 Å². The third-order valence-electron chi connectivity index (χ3n) is 2.49.